The highest BCUT2D eigenvalue weighted by atomic mass is 35.5. The Balaban J connectivity index is 0.000000452. The van der Waals surface area contributed by atoms with Crippen molar-refractivity contribution < 1.29 is 19.4 Å². The summed E-state index contributed by atoms with van der Waals surface area (Å²) in [4.78, 5) is 35.8. The van der Waals surface area contributed by atoms with E-state index in [1.165, 1.54) is 19.8 Å². The van der Waals surface area contributed by atoms with Crippen molar-refractivity contribution in [1.29, 1.82) is 0 Å². The molecular weight excluding hydrogens is 408 g/mol. The molecule has 0 amide bonds. The van der Waals surface area contributed by atoms with Crippen molar-refractivity contribution in [1.82, 2.24) is 19.9 Å². The summed E-state index contributed by atoms with van der Waals surface area (Å²) in [7, 11) is 1.37. The minimum atomic E-state index is -0.716. The van der Waals surface area contributed by atoms with Crippen LogP contribution in [0.5, 0.6) is 0 Å². The Kier molecular flexibility index (Phi) is 17.3. The van der Waals surface area contributed by atoms with E-state index in [0.29, 0.717) is 18.0 Å². The second-order valence-corrected chi connectivity index (χ2v) is 6.21. The van der Waals surface area contributed by atoms with E-state index < -0.39 is 5.97 Å². The van der Waals surface area contributed by atoms with Crippen LogP contribution < -0.4 is 0 Å². The van der Waals surface area contributed by atoms with Crippen molar-refractivity contribution in [2.24, 2.45) is 0 Å². The normalized spacial score (nSPS) is 9.10. The number of aryl methyl sites for hydroxylation is 1. The second-order valence-electron chi connectivity index (χ2n) is 5.82. The van der Waals surface area contributed by atoms with Crippen LogP contribution in [0.4, 0.5) is 0 Å². The topological polar surface area (TPSA) is 115 Å². The molecule has 0 aliphatic rings. The fourth-order valence-electron chi connectivity index (χ4n) is 1.94. The van der Waals surface area contributed by atoms with Gasteiger partial charge in [-0.15, -0.1) is 12.3 Å². The summed E-state index contributed by atoms with van der Waals surface area (Å²) in [5.41, 5.74) is 1.02. The first-order valence-electron chi connectivity index (χ1n) is 9.38. The van der Waals surface area contributed by atoms with Crippen molar-refractivity contribution >= 4 is 23.5 Å². The number of nitrogens with zero attached hydrogens (tertiary/aromatic N) is 4. The SMILES string of the molecule is C#CCCCC(=O)OC.Clc1ccncn1.O=C(O)CCCCCc1ccncn1. The first kappa shape index (κ1) is 27.0. The van der Waals surface area contributed by atoms with Gasteiger partial charge in [0.1, 0.15) is 17.8 Å². The molecule has 0 radical (unpaired) electrons. The second kappa shape index (κ2) is 19.3. The van der Waals surface area contributed by atoms with Crippen LogP contribution in [0, 0.1) is 12.3 Å². The molecule has 2 aromatic heterocycles. The number of hydrogen-bond donors (Lipinski definition) is 1. The lowest BCUT2D eigenvalue weighted by Crippen LogP contribution is -1.98. The lowest BCUT2D eigenvalue weighted by atomic mass is 10.1. The Morgan fingerprint density at radius 3 is 2.23 bits per heavy atom. The molecule has 0 saturated heterocycles. The highest BCUT2D eigenvalue weighted by Gasteiger charge is 1.98. The molecule has 9 heteroatoms. The number of aromatic nitrogens is 4. The van der Waals surface area contributed by atoms with Crippen molar-refractivity contribution in [3.63, 3.8) is 0 Å². The number of esters is 1. The summed E-state index contributed by atoms with van der Waals surface area (Å²) >= 11 is 5.39. The zero-order valence-corrected chi connectivity index (χ0v) is 17.8. The average Bonchev–Trinajstić information content (AvgIpc) is 2.75. The van der Waals surface area contributed by atoms with Gasteiger partial charge in [-0.25, -0.2) is 19.9 Å². The number of carboxylic acids is 1. The number of carboxylic acid groups (broad SMARTS) is 1. The number of carbonyl (C=O) groups is 2. The van der Waals surface area contributed by atoms with E-state index in [1.54, 1.807) is 18.5 Å². The van der Waals surface area contributed by atoms with Crippen LogP contribution in [-0.4, -0.2) is 44.1 Å². The summed E-state index contributed by atoms with van der Waals surface area (Å²) in [6, 6.07) is 3.51. The van der Waals surface area contributed by atoms with Crippen LogP contribution in [0.2, 0.25) is 5.15 Å². The Hall–Kier alpha value is -3.05. The van der Waals surface area contributed by atoms with E-state index in [4.69, 9.17) is 23.1 Å². The summed E-state index contributed by atoms with van der Waals surface area (Å²) in [6.45, 7) is 0. The first-order valence-corrected chi connectivity index (χ1v) is 9.75. The standard InChI is InChI=1S/C10H14N2O2.C7H10O2.C4H3ClN2/c13-10(14)5-3-1-2-4-9-6-7-11-8-12-9;1-3-4-5-6-7(8)9-2;5-4-1-2-6-3-7-4/h6-8H,1-5H2,(H,13,14);1H,4-6H2,2H3;1-3H. The molecule has 0 aliphatic carbocycles. The lowest BCUT2D eigenvalue weighted by molar-refractivity contribution is -0.140. The van der Waals surface area contributed by atoms with Gasteiger partial charge in [0.05, 0.1) is 7.11 Å². The molecule has 2 aromatic rings. The number of rotatable bonds is 9. The van der Waals surface area contributed by atoms with Crippen molar-refractivity contribution in [3.8, 4) is 12.3 Å². The highest BCUT2D eigenvalue weighted by molar-refractivity contribution is 6.29. The Bertz CT molecular complexity index is 740. The lowest BCUT2D eigenvalue weighted by Gasteiger charge is -1.98. The van der Waals surface area contributed by atoms with Gasteiger partial charge in [-0.1, -0.05) is 18.0 Å². The van der Waals surface area contributed by atoms with Gasteiger partial charge in [-0.2, -0.15) is 0 Å². The van der Waals surface area contributed by atoms with Gasteiger partial charge in [0.25, 0.3) is 0 Å². The van der Waals surface area contributed by atoms with Crippen LogP contribution in [0.1, 0.15) is 50.6 Å². The number of ether oxygens (including phenoxy) is 1. The molecule has 0 fully saturated rings. The minimum Gasteiger partial charge on any atom is -0.481 e. The van der Waals surface area contributed by atoms with Crippen molar-refractivity contribution in [3.05, 3.63) is 48.0 Å². The van der Waals surface area contributed by atoms with Gasteiger partial charge in [0, 0.05) is 37.4 Å². The van der Waals surface area contributed by atoms with E-state index in [1.807, 2.05) is 6.07 Å². The molecule has 8 nitrogen and oxygen atoms in total. The third kappa shape index (κ3) is 18.3. The quantitative estimate of drug-likeness (QED) is 0.274. The molecule has 2 heterocycles. The Morgan fingerprint density at radius 1 is 1.07 bits per heavy atom. The van der Waals surface area contributed by atoms with Gasteiger partial charge in [0.2, 0.25) is 0 Å². The third-order valence-corrected chi connectivity index (χ3v) is 3.67. The zero-order valence-electron chi connectivity index (χ0n) is 17.0. The van der Waals surface area contributed by atoms with E-state index in [9.17, 15) is 9.59 Å². The third-order valence-electron chi connectivity index (χ3n) is 3.44. The first-order chi connectivity index (χ1) is 14.5. The Labute approximate surface area is 182 Å². The molecule has 0 bridgehead atoms. The number of hydrogen-bond acceptors (Lipinski definition) is 7. The molecule has 0 atom stereocenters. The average molecular weight is 435 g/mol. The van der Waals surface area contributed by atoms with E-state index in [-0.39, 0.29) is 12.4 Å². The molecule has 1 N–H and O–H groups in total. The summed E-state index contributed by atoms with van der Waals surface area (Å²) in [5.74, 6) is 1.53. The number of aliphatic carboxylic acids is 1. The van der Waals surface area contributed by atoms with Gasteiger partial charge in [-0.05, 0) is 37.8 Å². The van der Waals surface area contributed by atoms with Crippen molar-refractivity contribution in [2.75, 3.05) is 7.11 Å². The zero-order chi connectivity index (χ0) is 22.5. The number of terminal acetylenes is 1. The van der Waals surface area contributed by atoms with Crippen LogP contribution in [0.25, 0.3) is 0 Å². The molecular formula is C21H27ClN4O4. The van der Waals surface area contributed by atoms with Gasteiger partial charge in [-0.3, -0.25) is 9.59 Å². The summed E-state index contributed by atoms with van der Waals surface area (Å²) in [5, 5.41) is 8.89. The molecule has 0 aromatic carbocycles. The molecule has 0 spiro atoms. The molecule has 0 aliphatic heterocycles. The fraction of sp³-hybridized carbons (Fsp3) is 0.429. The maximum atomic E-state index is 10.4. The van der Waals surface area contributed by atoms with Crippen LogP contribution >= 0.6 is 11.6 Å². The number of methoxy groups -OCH3 is 1. The van der Waals surface area contributed by atoms with Gasteiger partial charge in [0.15, 0.2) is 0 Å². The number of unbranched alkanes of at least 4 members (excludes halogenated alkanes) is 3. The Morgan fingerprint density at radius 2 is 1.77 bits per heavy atom. The van der Waals surface area contributed by atoms with E-state index in [2.05, 4.69) is 30.6 Å². The van der Waals surface area contributed by atoms with E-state index in [0.717, 1.165) is 37.8 Å². The van der Waals surface area contributed by atoms with Gasteiger partial charge >= 0.3 is 11.9 Å². The largest absolute Gasteiger partial charge is 0.481 e. The van der Waals surface area contributed by atoms with Crippen LogP contribution in [-0.2, 0) is 20.7 Å². The predicted octanol–water partition coefficient (Wildman–Crippen LogP) is 3.76. The van der Waals surface area contributed by atoms with Crippen molar-refractivity contribution in [2.45, 2.75) is 51.4 Å². The summed E-state index contributed by atoms with van der Waals surface area (Å²) < 4.78 is 4.39. The maximum Gasteiger partial charge on any atom is 0.305 e. The smallest absolute Gasteiger partial charge is 0.305 e. The van der Waals surface area contributed by atoms with E-state index >= 15 is 0 Å². The minimum absolute atomic E-state index is 0.190. The maximum absolute atomic E-state index is 10.4. The molecule has 0 saturated carbocycles. The number of halogens is 1. The highest BCUT2D eigenvalue weighted by Crippen LogP contribution is 2.04. The van der Waals surface area contributed by atoms with Gasteiger partial charge < -0.3 is 9.84 Å². The monoisotopic (exact) mass is 434 g/mol. The van der Waals surface area contributed by atoms with Crippen LogP contribution in [0.3, 0.4) is 0 Å². The van der Waals surface area contributed by atoms with Crippen LogP contribution in [0.15, 0.2) is 37.2 Å². The number of carbonyl (C=O) groups excluding carboxylic acids is 1. The predicted molar refractivity (Wildman–Crippen MR) is 114 cm³/mol. The molecule has 0 unspecified atom stereocenters. The summed E-state index contributed by atoms with van der Waals surface area (Å²) in [6.07, 6.45) is 16.9. The molecule has 2 rings (SSSR count). The molecule has 162 valence electrons. The molecule has 30 heavy (non-hydrogen) atoms. The fourth-order valence-corrected chi connectivity index (χ4v) is 2.04.